The molecule has 0 spiro atoms. The molecule has 0 unspecified atom stereocenters. The number of rotatable bonds is 2. The number of alkyl halides is 3. The van der Waals surface area contributed by atoms with Crippen molar-refractivity contribution in [1.29, 1.82) is 0 Å². The van der Waals surface area contributed by atoms with Crippen LogP contribution >= 0.6 is 11.6 Å². The maximum Gasteiger partial charge on any atom is 0.416 e. The molecule has 2 aromatic rings. The Labute approximate surface area is 123 Å². The summed E-state index contributed by atoms with van der Waals surface area (Å²) in [6, 6.07) is 7.76. The Morgan fingerprint density at radius 3 is 2.24 bits per heavy atom. The standard InChI is InChI=1S/C14H9ClF3NO2/c15-11-7-10(20)5-6-12(11)19-13(21)8-1-3-9(4-2-8)14(16,17)18/h1-7,20H,(H,19,21). The molecule has 0 saturated carbocycles. The lowest BCUT2D eigenvalue weighted by Gasteiger charge is -2.09. The molecular formula is C14H9ClF3NO2. The van der Waals surface area contributed by atoms with Crippen LogP contribution in [-0.2, 0) is 6.18 Å². The Morgan fingerprint density at radius 2 is 1.71 bits per heavy atom. The smallest absolute Gasteiger partial charge is 0.416 e. The number of hydrogen-bond acceptors (Lipinski definition) is 2. The van der Waals surface area contributed by atoms with Gasteiger partial charge in [0, 0.05) is 11.6 Å². The van der Waals surface area contributed by atoms with Crippen molar-refractivity contribution >= 4 is 23.2 Å². The van der Waals surface area contributed by atoms with Crippen molar-refractivity contribution < 1.29 is 23.1 Å². The maximum absolute atomic E-state index is 12.4. The van der Waals surface area contributed by atoms with Gasteiger partial charge >= 0.3 is 6.18 Å². The van der Waals surface area contributed by atoms with Crippen molar-refractivity contribution in [2.75, 3.05) is 5.32 Å². The minimum Gasteiger partial charge on any atom is -0.508 e. The number of hydrogen-bond donors (Lipinski definition) is 2. The van der Waals surface area contributed by atoms with Gasteiger partial charge in [-0.05, 0) is 36.4 Å². The fraction of sp³-hybridized carbons (Fsp3) is 0.0714. The molecule has 0 fully saturated rings. The van der Waals surface area contributed by atoms with E-state index < -0.39 is 17.6 Å². The van der Waals surface area contributed by atoms with E-state index >= 15 is 0 Å². The number of benzene rings is 2. The Hall–Kier alpha value is -2.21. The van der Waals surface area contributed by atoms with Gasteiger partial charge in [0.2, 0.25) is 0 Å². The molecule has 21 heavy (non-hydrogen) atoms. The van der Waals surface area contributed by atoms with Crippen molar-refractivity contribution in [2.45, 2.75) is 6.18 Å². The molecular weight excluding hydrogens is 307 g/mol. The number of phenolic OH excluding ortho intramolecular Hbond substituents is 1. The van der Waals surface area contributed by atoms with Gasteiger partial charge in [-0.2, -0.15) is 13.2 Å². The zero-order valence-electron chi connectivity index (χ0n) is 10.4. The van der Waals surface area contributed by atoms with E-state index in [1.165, 1.54) is 18.2 Å². The van der Waals surface area contributed by atoms with Crippen LogP contribution in [0.5, 0.6) is 5.75 Å². The normalized spacial score (nSPS) is 11.2. The van der Waals surface area contributed by atoms with Crippen molar-refractivity contribution in [2.24, 2.45) is 0 Å². The largest absolute Gasteiger partial charge is 0.508 e. The number of aromatic hydroxyl groups is 1. The number of halogens is 4. The molecule has 0 radical (unpaired) electrons. The van der Waals surface area contributed by atoms with Crippen LogP contribution in [0, 0.1) is 0 Å². The Balaban J connectivity index is 2.17. The van der Waals surface area contributed by atoms with Gasteiger partial charge in [-0.1, -0.05) is 11.6 Å². The summed E-state index contributed by atoms with van der Waals surface area (Å²) in [6.45, 7) is 0. The van der Waals surface area contributed by atoms with Crippen molar-refractivity contribution in [3.63, 3.8) is 0 Å². The minimum absolute atomic E-state index is 0.0622. The van der Waals surface area contributed by atoms with E-state index in [0.717, 1.165) is 24.3 Å². The van der Waals surface area contributed by atoms with Crippen LogP contribution in [0.4, 0.5) is 18.9 Å². The Kier molecular flexibility index (Phi) is 4.09. The van der Waals surface area contributed by atoms with Gasteiger partial charge in [0.15, 0.2) is 0 Å². The van der Waals surface area contributed by atoms with Crippen molar-refractivity contribution in [1.82, 2.24) is 0 Å². The second-order valence-electron chi connectivity index (χ2n) is 4.19. The van der Waals surface area contributed by atoms with E-state index in [4.69, 9.17) is 11.6 Å². The monoisotopic (exact) mass is 315 g/mol. The van der Waals surface area contributed by atoms with Crippen LogP contribution in [0.2, 0.25) is 5.02 Å². The first-order valence-electron chi connectivity index (χ1n) is 5.74. The fourth-order valence-electron chi connectivity index (χ4n) is 1.61. The van der Waals surface area contributed by atoms with Gasteiger partial charge in [0.05, 0.1) is 16.3 Å². The summed E-state index contributed by atoms with van der Waals surface area (Å²) in [5.41, 5.74) is -0.520. The van der Waals surface area contributed by atoms with Crippen LogP contribution in [0.25, 0.3) is 0 Å². The van der Waals surface area contributed by atoms with Crippen LogP contribution in [0.1, 0.15) is 15.9 Å². The zero-order valence-corrected chi connectivity index (χ0v) is 11.2. The highest BCUT2D eigenvalue weighted by atomic mass is 35.5. The third kappa shape index (κ3) is 3.66. The fourth-order valence-corrected chi connectivity index (χ4v) is 1.83. The van der Waals surface area contributed by atoms with Crippen LogP contribution in [0.15, 0.2) is 42.5 Å². The van der Waals surface area contributed by atoms with Crippen LogP contribution in [0.3, 0.4) is 0 Å². The van der Waals surface area contributed by atoms with Gasteiger partial charge in [0.25, 0.3) is 5.91 Å². The number of carbonyl (C=O) groups is 1. The molecule has 2 aromatic carbocycles. The van der Waals surface area contributed by atoms with Gasteiger partial charge in [-0.25, -0.2) is 0 Å². The lowest BCUT2D eigenvalue weighted by atomic mass is 10.1. The van der Waals surface area contributed by atoms with E-state index in [1.54, 1.807) is 0 Å². The van der Waals surface area contributed by atoms with Gasteiger partial charge in [-0.15, -0.1) is 0 Å². The molecule has 0 atom stereocenters. The molecule has 0 bridgehead atoms. The van der Waals surface area contributed by atoms with E-state index in [9.17, 15) is 23.1 Å². The molecule has 2 N–H and O–H groups in total. The first kappa shape index (κ1) is 15.2. The average molecular weight is 316 g/mol. The first-order chi connectivity index (χ1) is 9.77. The highest BCUT2D eigenvalue weighted by molar-refractivity contribution is 6.34. The highest BCUT2D eigenvalue weighted by Gasteiger charge is 2.30. The van der Waals surface area contributed by atoms with Gasteiger partial charge in [0.1, 0.15) is 5.75 Å². The molecule has 1 amide bonds. The lowest BCUT2D eigenvalue weighted by Crippen LogP contribution is -2.13. The van der Waals surface area contributed by atoms with E-state index in [0.29, 0.717) is 0 Å². The molecule has 0 aromatic heterocycles. The molecule has 0 aliphatic rings. The summed E-state index contributed by atoms with van der Waals surface area (Å²) in [5, 5.41) is 11.8. The molecule has 7 heteroatoms. The highest BCUT2D eigenvalue weighted by Crippen LogP contribution is 2.30. The number of anilines is 1. The van der Waals surface area contributed by atoms with Gasteiger partial charge < -0.3 is 10.4 Å². The summed E-state index contributed by atoms with van der Waals surface area (Å²) in [6.07, 6.45) is -4.45. The Bertz CT molecular complexity index is 669. The third-order valence-electron chi connectivity index (χ3n) is 2.68. The van der Waals surface area contributed by atoms with E-state index in [2.05, 4.69) is 5.32 Å². The molecule has 0 heterocycles. The second-order valence-corrected chi connectivity index (χ2v) is 4.60. The predicted molar refractivity (Wildman–Crippen MR) is 72.5 cm³/mol. The summed E-state index contributed by atoms with van der Waals surface area (Å²) >= 11 is 5.82. The van der Waals surface area contributed by atoms with Crippen molar-refractivity contribution in [3.05, 3.63) is 58.6 Å². The van der Waals surface area contributed by atoms with Gasteiger partial charge in [-0.3, -0.25) is 4.79 Å². The second kappa shape index (κ2) is 5.65. The number of amides is 1. The topological polar surface area (TPSA) is 49.3 Å². The maximum atomic E-state index is 12.4. The van der Waals surface area contributed by atoms with Crippen LogP contribution in [-0.4, -0.2) is 11.0 Å². The summed E-state index contributed by atoms with van der Waals surface area (Å²) in [4.78, 5) is 11.9. The van der Waals surface area contributed by atoms with Crippen molar-refractivity contribution in [3.8, 4) is 5.75 Å². The predicted octanol–water partition coefficient (Wildman–Crippen LogP) is 4.32. The number of nitrogens with one attached hydrogen (secondary N) is 1. The van der Waals surface area contributed by atoms with E-state index in [-0.39, 0.29) is 22.0 Å². The lowest BCUT2D eigenvalue weighted by molar-refractivity contribution is -0.137. The quantitative estimate of drug-likeness (QED) is 0.811. The molecule has 0 aliphatic carbocycles. The Morgan fingerprint density at radius 1 is 1.10 bits per heavy atom. The zero-order chi connectivity index (χ0) is 15.6. The summed E-state index contributed by atoms with van der Waals surface area (Å²) in [7, 11) is 0. The average Bonchev–Trinajstić information content (AvgIpc) is 2.41. The molecule has 0 saturated heterocycles. The SMILES string of the molecule is O=C(Nc1ccc(O)cc1Cl)c1ccc(C(F)(F)F)cc1. The molecule has 2 rings (SSSR count). The number of carbonyl (C=O) groups excluding carboxylic acids is 1. The first-order valence-corrected chi connectivity index (χ1v) is 6.12. The molecule has 0 aliphatic heterocycles. The summed E-state index contributed by atoms with van der Waals surface area (Å²) < 4.78 is 37.2. The summed E-state index contributed by atoms with van der Waals surface area (Å²) in [5.74, 6) is -0.663. The van der Waals surface area contributed by atoms with Crippen LogP contribution < -0.4 is 5.32 Å². The minimum atomic E-state index is -4.45. The molecule has 3 nitrogen and oxygen atoms in total. The third-order valence-corrected chi connectivity index (χ3v) is 2.99. The number of phenols is 1. The van der Waals surface area contributed by atoms with E-state index in [1.807, 2.05) is 0 Å². The molecule has 110 valence electrons.